The van der Waals surface area contributed by atoms with Gasteiger partial charge in [0, 0.05) is 18.7 Å². The van der Waals surface area contributed by atoms with Crippen LogP contribution in [-0.2, 0) is 12.0 Å². The molecule has 3 N–H and O–H groups in total. The molecule has 0 fully saturated rings. The van der Waals surface area contributed by atoms with Gasteiger partial charge in [0.25, 0.3) is 5.91 Å². The number of ether oxygens (including phenoxy) is 1. The summed E-state index contributed by atoms with van der Waals surface area (Å²) < 4.78 is 12.4. The first-order valence-corrected chi connectivity index (χ1v) is 8.55. The maximum absolute atomic E-state index is 11.5. The lowest BCUT2D eigenvalue weighted by molar-refractivity contribution is 0.0995. The summed E-state index contributed by atoms with van der Waals surface area (Å²) in [6, 6.07) is 5.04. The van der Waals surface area contributed by atoms with Gasteiger partial charge in [0.15, 0.2) is 17.2 Å². The van der Waals surface area contributed by atoms with Gasteiger partial charge in [-0.3, -0.25) is 9.36 Å². The lowest BCUT2D eigenvalue weighted by Gasteiger charge is -2.11. The van der Waals surface area contributed by atoms with Crippen molar-refractivity contribution < 1.29 is 19.2 Å². The maximum atomic E-state index is 11.5. The number of rotatable bonds is 2. The molecule has 4 rings (SSSR count). The molecule has 0 saturated carbocycles. The average Bonchev–Trinajstić information content (AvgIpc) is 3.24. The third kappa shape index (κ3) is 3.21. The summed E-state index contributed by atoms with van der Waals surface area (Å²) in [6.45, 7) is 3.66. The Kier molecular flexibility index (Phi) is 4.13. The van der Waals surface area contributed by atoms with Crippen LogP contribution >= 0.6 is 0 Å². The number of primary amides is 1. The Labute approximate surface area is 160 Å². The van der Waals surface area contributed by atoms with Gasteiger partial charge in [-0.05, 0) is 31.9 Å². The Morgan fingerprint density at radius 2 is 2.21 bits per heavy atom. The van der Waals surface area contributed by atoms with E-state index in [2.05, 4.69) is 27.0 Å². The smallest absolute Gasteiger partial charge is 0.268 e. The second-order valence-electron chi connectivity index (χ2n) is 6.54. The quantitative estimate of drug-likeness (QED) is 0.632. The number of hydrogen-bond acceptors (Lipinski definition) is 7. The van der Waals surface area contributed by atoms with Crippen molar-refractivity contribution in [1.82, 2.24) is 19.7 Å². The van der Waals surface area contributed by atoms with E-state index in [0.717, 1.165) is 0 Å². The number of fused-ring (bicyclic) bond motifs is 3. The van der Waals surface area contributed by atoms with E-state index in [1.165, 1.54) is 13.1 Å². The number of carbonyl (C=O) groups excluding carboxylic acids is 1. The van der Waals surface area contributed by atoms with Crippen LogP contribution in [0.25, 0.3) is 5.82 Å². The number of nitrogens with two attached hydrogens (primary N) is 1. The number of amides is 1. The lowest BCUT2D eigenvalue weighted by atomic mass is 10.0. The minimum absolute atomic E-state index is 0.158. The molecule has 1 aliphatic rings. The number of aromatic nitrogens is 4. The largest absolute Gasteiger partial charge is 0.489 e. The first kappa shape index (κ1) is 17.8. The molecule has 3 aromatic heterocycles. The summed E-state index contributed by atoms with van der Waals surface area (Å²) in [5.41, 5.74) is 4.72. The predicted molar refractivity (Wildman–Crippen MR) is 96.8 cm³/mol. The van der Waals surface area contributed by atoms with Crippen molar-refractivity contribution in [3.63, 3.8) is 0 Å². The summed E-state index contributed by atoms with van der Waals surface area (Å²) >= 11 is 0. The fourth-order valence-electron chi connectivity index (χ4n) is 2.79. The van der Waals surface area contributed by atoms with Crippen LogP contribution in [0.4, 0.5) is 0 Å². The molecular weight excluding hydrogens is 362 g/mol. The van der Waals surface area contributed by atoms with Gasteiger partial charge in [-0.15, -0.1) is 0 Å². The van der Waals surface area contributed by atoms with Crippen molar-refractivity contribution in [2.75, 3.05) is 6.61 Å². The van der Waals surface area contributed by atoms with Gasteiger partial charge in [0.2, 0.25) is 0 Å². The molecule has 1 aliphatic heterocycles. The van der Waals surface area contributed by atoms with E-state index in [4.69, 9.17) is 15.0 Å². The molecule has 0 aliphatic carbocycles. The van der Waals surface area contributed by atoms with Gasteiger partial charge in [0.1, 0.15) is 28.7 Å². The van der Waals surface area contributed by atoms with Crippen molar-refractivity contribution in [3.05, 3.63) is 53.1 Å². The monoisotopic (exact) mass is 379 g/mol. The highest BCUT2D eigenvalue weighted by molar-refractivity contribution is 5.90. The fourth-order valence-corrected chi connectivity index (χ4v) is 2.79. The number of hydrogen-bond donors (Lipinski definition) is 2. The molecule has 28 heavy (non-hydrogen) atoms. The van der Waals surface area contributed by atoms with Gasteiger partial charge in [-0.1, -0.05) is 11.1 Å². The highest BCUT2D eigenvalue weighted by atomic mass is 16.5. The van der Waals surface area contributed by atoms with E-state index in [1.54, 1.807) is 29.7 Å². The SMILES string of the molecule is Cc1cc([C@](C)(O)C#Cc2ccc3c(n2)-n2cc(C(N)=O)nc2CCO3)no1. The predicted octanol–water partition coefficient (Wildman–Crippen LogP) is 0.857. The highest BCUT2D eigenvalue weighted by Crippen LogP contribution is 2.26. The van der Waals surface area contributed by atoms with E-state index in [1.807, 2.05) is 0 Å². The van der Waals surface area contributed by atoms with Gasteiger partial charge in [-0.25, -0.2) is 9.97 Å². The van der Waals surface area contributed by atoms with Gasteiger partial charge in [-0.2, -0.15) is 0 Å². The molecule has 0 spiro atoms. The lowest BCUT2D eigenvalue weighted by Crippen LogP contribution is -2.19. The van der Waals surface area contributed by atoms with Crippen LogP contribution in [0.3, 0.4) is 0 Å². The standard InChI is InChI=1S/C19H17N5O4/c1-11-9-15(23-28-11)19(2,26)7-5-12-3-4-14-18(21-12)24-10-13(17(20)25)22-16(24)6-8-27-14/h3-4,9-10,26H,6,8H2,1-2H3,(H2,20,25)/t19-/m1/s1. The zero-order chi connectivity index (χ0) is 19.9. The highest BCUT2D eigenvalue weighted by Gasteiger charge is 2.25. The number of nitrogens with zero attached hydrogens (tertiary/aromatic N) is 4. The molecule has 0 aromatic carbocycles. The number of pyridine rings is 1. The molecule has 1 atom stereocenters. The Hall–Kier alpha value is -3.64. The van der Waals surface area contributed by atoms with Crippen molar-refractivity contribution in [3.8, 4) is 23.4 Å². The van der Waals surface area contributed by atoms with E-state index >= 15 is 0 Å². The second kappa shape index (κ2) is 6.51. The molecule has 3 aromatic rings. The third-order valence-electron chi connectivity index (χ3n) is 4.24. The van der Waals surface area contributed by atoms with Gasteiger partial charge in [0.05, 0.1) is 6.61 Å². The maximum Gasteiger partial charge on any atom is 0.268 e. The van der Waals surface area contributed by atoms with E-state index in [0.29, 0.717) is 47.6 Å². The summed E-state index contributed by atoms with van der Waals surface area (Å²) in [6.07, 6.45) is 2.04. The number of imidazole rings is 1. The molecule has 4 heterocycles. The van der Waals surface area contributed by atoms with E-state index < -0.39 is 11.5 Å². The van der Waals surface area contributed by atoms with Crippen LogP contribution in [-0.4, -0.2) is 37.3 Å². The Morgan fingerprint density at radius 3 is 2.93 bits per heavy atom. The van der Waals surface area contributed by atoms with Crippen LogP contribution in [0.5, 0.6) is 5.75 Å². The van der Waals surface area contributed by atoms with Crippen molar-refractivity contribution in [1.29, 1.82) is 0 Å². The fraction of sp³-hybridized carbons (Fsp3) is 0.263. The minimum Gasteiger partial charge on any atom is -0.489 e. The summed E-state index contributed by atoms with van der Waals surface area (Å²) in [5, 5.41) is 14.4. The molecule has 0 saturated heterocycles. The van der Waals surface area contributed by atoms with Gasteiger partial charge >= 0.3 is 0 Å². The molecule has 0 unspecified atom stereocenters. The Balaban J connectivity index is 1.73. The van der Waals surface area contributed by atoms with E-state index in [9.17, 15) is 9.90 Å². The molecular formula is C19H17N5O4. The topological polar surface area (TPSA) is 129 Å². The molecule has 0 bridgehead atoms. The van der Waals surface area contributed by atoms with Crippen LogP contribution in [0, 0.1) is 18.8 Å². The summed E-state index contributed by atoms with van der Waals surface area (Å²) in [7, 11) is 0. The molecule has 1 amide bonds. The van der Waals surface area contributed by atoms with Crippen molar-refractivity contribution in [2.45, 2.75) is 25.9 Å². The molecule has 9 nitrogen and oxygen atoms in total. The van der Waals surface area contributed by atoms with Crippen LogP contribution in [0.2, 0.25) is 0 Å². The summed E-state index contributed by atoms with van der Waals surface area (Å²) in [5.74, 6) is 7.19. The first-order chi connectivity index (χ1) is 13.3. The Bertz CT molecular complexity index is 1130. The first-order valence-electron chi connectivity index (χ1n) is 8.55. The number of aliphatic hydroxyl groups is 1. The summed E-state index contributed by atoms with van der Waals surface area (Å²) in [4.78, 5) is 20.2. The van der Waals surface area contributed by atoms with Crippen LogP contribution in [0.15, 0.2) is 28.9 Å². The normalized spacial score (nSPS) is 14.5. The third-order valence-corrected chi connectivity index (χ3v) is 4.24. The second-order valence-corrected chi connectivity index (χ2v) is 6.54. The number of aryl methyl sites for hydroxylation is 1. The average molecular weight is 379 g/mol. The molecule has 0 radical (unpaired) electrons. The number of carbonyl (C=O) groups is 1. The zero-order valence-corrected chi connectivity index (χ0v) is 15.3. The van der Waals surface area contributed by atoms with Crippen molar-refractivity contribution >= 4 is 5.91 Å². The van der Waals surface area contributed by atoms with Crippen molar-refractivity contribution in [2.24, 2.45) is 5.73 Å². The minimum atomic E-state index is -1.50. The van der Waals surface area contributed by atoms with Gasteiger partial charge < -0.3 is 20.1 Å². The Morgan fingerprint density at radius 1 is 1.39 bits per heavy atom. The van der Waals surface area contributed by atoms with Crippen LogP contribution < -0.4 is 10.5 Å². The molecule has 9 heteroatoms. The zero-order valence-electron chi connectivity index (χ0n) is 15.3. The van der Waals surface area contributed by atoms with Crippen LogP contribution in [0.1, 0.15) is 40.4 Å². The molecule has 142 valence electrons. The van der Waals surface area contributed by atoms with E-state index in [-0.39, 0.29) is 5.69 Å².